The van der Waals surface area contributed by atoms with Crippen molar-refractivity contribution in [3.05, 3.63) is 16.0 Å². The van der Waals surface area contributed by atoms with E-state index in [0.717, 1.165) is 31.2 Å². The number of rotatable bonds is 2. The van der Waals surface area contributed by atoms with Crippen molar-refractivity contribution in [3.8, 4) is 6.07 Å². The first-order valence-corrected chi connectivity index (χ1v) is 8.01. The van der Waals surface area contributed by atoms with Gasteiger partial charge in [-0.1, -0.05) is 6.42 Å². The van der Waals surface area contributed by atoms with Crippen LogP contribution in [-0.2, 0) is 22.4 Å². The van der Waals surface area contributed by atoms with Gasteiger partial charge in [0.05, 0.1) is 11.5 Å². The van der Waals surface area contributed by atoms with Gasteiger partial charge in [0.1, 0.15) is 11.1 Å². The van der Waals surface area contributed by atoms with Gasteiger partial charge in [-0.25, -0.2) is 0 Å². The van der Waals surface area contributed by atoms with Crippen LogP contribution in [0, 0.1) is 17.2 Å². The lowest BCUT2D eigenvalue weighted by Crippen LogP contribution is -2.25. The van der Waals surface area contributed by atoms with E-state index in [0.29, 0.717) is 10.6 Å². The second-order valence-electron chi connectivity index (χ2n) is 5.60. The Balaban J connectivity index is 1.98. The highest BCUT2D eigenvalue weighted by Gasteiger charge is 2.37. The predicted octanol–water partition coefficient (Wildman–Crippen LogP) is 2.33. The molecule has 0 bridgehead atoms. The summed E-state index contributed by atoms with van der Waals surface area (Å²) in [6, 6.07) is 2.24. The number of anilines is 1. The summed E-state index contributed by atoms with van der Waals surface area (Å²) in [6.45, 7) is 0.183. The first kappa shape index (κ1) is 14.1. The van der Waals surface area contributed by atoms with Gasteiger partial charge in [-0.2, -0.15) is 5.26 Å². The van der Waals surface area contributed by atoms with Gasteiger partial charge in [0, 0.05) is 17.8 Å². The van der Waals surface area contributed by atoms with Crippen LogP contribution in [0.15, 0.2) is 0 Å². The summed E-state index contributed by atoms with van der Waals surface area (Å²) in [4.78, 5) is 25.9. The van der Waals surface area contributed by atoms with Gasteiger partial charge in [0.15, 0.2) is 0 Å². The van der Waals surface area contributed by atoms with Crippen molar-refractivity contribution < 1.29 is 14.7 Å². The van der Waals surface area contributed by atoms with Crippen molar-refractivity contribution in [2.24, 2.45) is 5.92 Å². The van der Waals surface area contributed by atoms with Crippen LogP contribution in [0.5, 0.6) is 0 Å². The minimum Gasteiger partial charge on any atom is -0.481 e. The Morgan fingerprint density at radius 2 is 2.10 bits per heavy atom. The molecule has 2 aliphatic rings. The Hall–Kier alpha value is -1.87. The SMILES string of the molecule is N#Cc1c(N2CC(C(=O)O)CC2=O)sc2c1CCCCC2. The Kier molecular flexibility index (Phi) is 3.68. The van der Waals surface area contributed by atoms with Gasteiger partial charge >= 0.3 is 5.97 Å². The van der Waals surface area contributed by atoms with Gasteiger partial charge in [-0.15, -0.1) is 11.3 Å². The molecule has 3 rings (SSSR count). The topological polar surface area (TPSA) is 81.4 Å². The van der Waals surface area contributed by atoms with E-state index >= 15 is 0 Å². The van der Waals surface area contributed by atoms with Crippen molar-refractivity contribution in [1.82, 2.24) is 0 Å². The number of nitrogens with zero attached hydrogens (tertiary/aromatic N) is 2. The van der Waals surface area contributed by atoms with E-state index in [1.807, 2.05) is 0 Å². The molecule has 0 spiro atoms. The molecule has 1 aliphatic heterocycles. The van der Waals surface area contributed by atoms with Crippen molar-refractivity contribution in [2.75, 3.05) is 11.4 Å². The number of nitriles is 1. The number of carboxylic acids is 1. The molecule has 1 aromatic heterocycles. The number of aryl methyl sites for hydroxylation is 1. The third-order valence-electron chi connectivity index (χ3n) is 4.23. The zero-order chi connectivity index (χ0) is 15.0. The standard InChI is InChI=1S/C15H16N2O3S/c16-7-11-10-4-2-1-3-5-12(10)21-14(11)17-8-9(15(19)20)6-13(17)18/h9H,1-6,8H2,(H,19,20). The molecule has 21 heavy (non-hydrogen) atoms. The normalized spacial score (nSPS) is 21.8. The summed E-state index contributed by atoms with van der Waals surface area (Å²) in [5.74, 6) is -1.79. The van der Waals surface area contributed by atoms with E-state index in [1.54, 1.807) is 0 Å². The Labute approximate surface area is 126 Å². The van der Waals surface area contributed by atoms with Gasteiger partial charge in [0.2, 0.25) is 5.91 Å². The first-order valence-electron chi connectivity index (χ1n) is 7.19. The van der Waals surface area contributed by atoms with Crippen LogP contribution >= 0.6 is 11.3 Å². The molecular weight excluding hydrogens is 288 g/mol. The molecule has 1 saturated heterocycles. The van der Waals surface area contributed by atoms with Gasteiger partial charge in [-0.05, 0) is 31.2 Å². The van der Waals surface area contributed by atoms with E-state index < -0.39 is 11.9 Å². The van der Waals surface area contributed by atoms with E-state index in [9.17, 15) is 14.9 Å². The summed E-state index contributed by atoms with van der Waals surface area (Å²) in [5, 5.41) is 19.2. The molecule has 1 aromatic rings. The van der Waals surface area contributed by atoms with Crippen LogP contribution < -0.4 is 4.90 Å². The summed E-state index contributed by atoms with van der Waals surface area (Å²) in [5.41, 5.74) is 1.68. The van der Waals surface area contributed by atoms with Crippen LogP contribution in [0.1, 0.15) is 41.7 Å². The molecule has 1 atom stereocenters. The second kappa shape index (κ2) is 5.49. The largest absolute Gasteiger partial charge is 0.481 e. The van der Waals surface area contributed by atoms with E-state index in [-0.39, 0.29) is 18.9 Å². The van der Waals surface area contributed by atoms with Crippen LogP contribution in [0.4, 0.5) is 5.00 Å². The van der Waals surface area contributed by atoms with Crippen LogP contribution in [0.3, 0.4) is 0 Å². The molecule has 6 heteroatoms. The molecule has 1 N–H and O–H groups in total. The van der Waals surface area contributed by atoms with Crippen molar-refractivity contribution in [3.63, 3.8) is 0 Å². The highest BCUT2D eigenvalue weighted by atomic mass is 32.1. The fourth-order valence-corrected chi connectivity index (χ4v) is 4.47. The molecule has 0 aromatic carbocycles. The van der Waals surface area contributed by atoms with Crippen LogP contribution in [0.2, 0.25) is 0 Å². The number of fused-ring (bicyclic) bond motifs is 1. The predicted molar refractivity (Wildman–Crippen MR) is 78.4 cm³/mol. The molecule has 5 nitrogen and oxygen atoms in total. The monoisotopic (exact) mass is 304 g/mol. The van der Waals surface area contributed by atoms with Gasteiger partial charge in [0.25, 0.3) is 0 Å². The van der Waals surface area contributed by atoms with E-state index in [2.05, 4.69) is 6.07 Å². The quantitative estimate of drug-likeness (QED) is 0.850. The molecule has 1 unspecified atom stereocenters. The first-order chi connectivity index (χ1) is 10.1. The fourth-order valence-electron chi connectivity index (χ4n) is 3.10. The molecular formula is C15H16N2O3S. The number of hydrogen-bond donors (Lipinski definition) is 1. The lowest BCUT2D eigenvalue weighted by Gasteiger charge is -2.14. The molecule has 0 saturated carbocycles. The van der Waals surface area contributed by atoms with Gasteiger partial charge in [-0.3, -0.25) is 9.59 Å². The second-order valence-corrected chi connectivity index (χ2v) is 6.68. The number of amides is 1. The van der Waals surface area contributed by atoms with E-state index in [4.69, 9.17) is 5.11 Å². The van der Waals surface area contributed by atoms with Gasteiger partial charge < -0.3 is 10.0 Å². The Bertz CT molecular complexity index is 644. The molecule has 1 amide bonds. The number of carbonyl (C=O) groups is 2. The maximum atomic E-state index is 12.1. The number of hydrogen-bond acceptors (Lipinski definition) is 4. The van der Waals surface area contributed by atoms with Crippen LogP contribution in [0.25, 0.3) is 0 Å². The summed E-state index contributed by atoms with van der Waals surface area (Å²) in [6.07, 6.45) is 5.24. The third-order valence-corrected chi connectivity index (χ3v) is 5.55. The lowest BCUT2D eigenvalue weighted by atomic mass is 10.1. The average Bonchev–Trinajstić information content (AvgIpc) is 2.91. The van der Waals surface area contributed by atoms with E-state index in [1.165, 1.54) is 27.5 Å². The number of carboxylic acid groups (broad SMARTS) is 1. The minimum atomic E-state index is -0.942. The minimum absolute atomic E-state index is 0.0305. The highest BCUT2D eigenvalue weighted by molar-refractivity contribution is 7.16. The lowest BCUT2D eigenvalue weighted by molar-refractivity contribution is -0.141. The summed E-state index contributed by atoms with van der Waals surface area (Å²) >= 11 is 1.50. The molecule has 110 valence electrons. The number of thiophene rings is 1. The van der Waals surface area contributed by atoms with Crippen LogP contribution in [-0.4, -0.2) is 23.5 Å². The molecule has 1 fully saturated rings. The van der Waals surface area contributed by atoms with Crippen molar-refractivity contribution >= 4 is 28.2 Å². The number of carbonyl (C=O) groups excluding carboxylic acids is 1. The average molecular weight is 304 g/mol. The third kappa shape index (κ3) is 2.42. The zero-order valence-electron chi connectivity index (χ0n) is 11.6. The smallest absolute Gasteiger partial charge is 0.308 e. The maximum Gasteiger partial charge on any atom is 0.308 e. The molecule has 1 aliphatic carbocycles. The fraction of sp³-hybridized carbons (Fsp3) is 0.533. The Morgan fingerprint density at radius 1 is 1.33 bits per heavy atom. The highest BCUT2D eigenvalue weighted by Crippen LogP contribution is 2.41. The maximum absolute atomic E-state index is 12.1. The summed E-state index contributed by atoms with van der Waals surface area (Å²) < 4.78 is 0. The Morgan fingerprint density at radius 3 is 2.76 bits per heavy atom. The summed E-state index contributed by atoms with van der Waals surface area (Å²) in [7, 11) is 0. The van der Waals surface area contributed by atoms with Crippen molar-refractivity contribution in [2.45, 2.75) is 38.5 Å². The number of aliphatic carboxylic acids is 1. The molecule has 0 radical (unpaired) electrons. The molecule has 2 heterocycles. The zero-order valence-corrected chi connectivity index (χ0v) is 12.4. The van der Waals surface area contributed by atoms with Crippen molar-refractivity contribution in [1.29, 1.82) is 5.26 Å².